The highest BCUT2D eigenvalue weighted by molar-refractivity contribution is 5.19. The molecule has 1 aliphatic heterocycles. The monoisotopic (exact) mass is 207 g/mol. The Labute approximate surface area is 92.1 Å². The van der Waals surface area contributed by atoms with Crippen LogP contribution >= 0.6 is 0 Å². The zero-order valence-electron chi connectivity index (χ0n) is 9.92. The van der Waals surface area contributed by atoms with Gasteiger partial charge in [-0.25, -0.2) is 0 Å². The van der Waals surface area contributed by atoms with Gasteiger partial charge in [0.05, 0.1) is 6.26 Å². The average molecular weight is 207 g/mol. The molecule has 2 nitrogen and oxygen atoms in total. The van der Waals surface area contributed by atoms with Crippen LogP contribution in [0.4, 0.5) is 0 Å². The van der Waals surface area contributed by atoms with Crippen LogP contribution in [0.2, 0.25) is 0 Å². The van der Waals surface area contributed by atoms with E-state index < -0.39 is 0 Å². The van der Waals surface area contributed by atoms with Gasteiger partial charge < -0.3 is 9.73 Å². The van der Waals surface area contributed by atoms with Crippen LogP contribution in [-0.2, 0) is 5.41 Å². The molecule has 0 aliphatic carbocycles. The first-order valence-corrected chi connectivity index (χ1v) is 5.90. The zero-order valence-corrected chi connectivity index (χ0v) is 9.92. The SMILES string of the molecule is CC(C)CC1NCCC1(C)c1ccco1. The van der Waals surface area contributed by atoms with E-state index in [9.17, 15) is 0 Å². The predicted molar refractivity (Wildman–Crippen MR) is 61.9 cm³/mol. The van der Waals surface area contributed by atoms with E-state index in [-0.39, 0.29) is 5.41 Å². The average Bonchev–Trinajstić information content (AvgIpc) is 2.76. The van der Waals surface area contributed by atoms with Crippen LogP contribution in [0.3, 0.4) is 0 Å². The molecule has 1 aromatic rings. The van der Waals surface area contributed by atoms with E-state index in [4.69, 9.17) is 4.42 Å². The van der Waals surface area contributed by atoms with Crippen molar-refractivity contribution in [1.29, 1.82) is 0 Å². The number of nitrogens with one attached hydrogen (secondary N) is 1. The summed E-state index contributed by atoms with van der Waals surface area (Å²) in [7, 11) is 0. The molecule has 15 heavy (non-hydrogen) atoms. The number of hydrogen-bond acceptors (Lipinski definition) is 2. The van der Waals surface area contributed by atoms with Crippen LogP contribution in [0.5, 0.6) is 0 Å². The summed E-state index contributed by atoms with van der Waals surface area (Å²) in [6, 6.07) is 4.66. The topological polar surface area (TPSA) is 25.2 Å². The van der Waals surface area contributed by atoms with Gasteiger partial charge in [-0.2, -0.15) is 0 Å². The van der Waals surface area contributed by atoms with Crippen molar-refractivity contribution in [3.8, 4) is 0 Å². The molecule has 2 unspecified atom stereocenters. The number of hydrogen-bond donors (Lipinski definition) is 1. The molecule has 0 amide bonds. The summed E-state index contributed by atoms with van der Waals surface area (Å²) in [6.07, 6.45) is 4.18. The van der Waals surface area contributed by atoms with Gasteiger partial charge in [-0.15, -0.1) is 0 Å². The van der Waals surface area contributed by atoms with Gasteiger partial charge in [-0.1, -0.05) is 20.8 Å². The zero-order chi connectivity index (χ0) is 10.9. The first-order valence-electron chi connectivity index (χ1n) is 5.90. The van der Waals surface area contributed by atoms with Crippen LogP contribution in [0.15, 0.2) is 22.8 Å². The molecule has 2 heterocycles. The van der Waals surface area contributed by atoms with E-state index in [1.165, 1.54) is 12.8 Å². The summed E-state index contributed by atoms with van der Waals surface area (Å²) < 4.78 is 5.59. The van der Waals surface area contributed by atoms with Gasteiger partial charge in [-0.3, -0.25) is 0 Å². The second-order valence-corrected chi connectivity index (χ2v) is 5.28. The minimum atomic E-state index is 0.188. The third-order valence-corrected chi connectivity index (χ3v) is 3.60. The Hall–Kier alpha value is -0.760. The Kier molecular flexibility index (Phi) is 2.87. The van der Waals surface area contributed by atoms with Crippen molar-refractivity contribution < 1.29 is 4.42 Å². The van der Waals surface area contributed by atoms with Crippen molar-refractivity contribution in [1.82, 2.24) is 5.32 Å². The van der Waals surface area contributed by atoms with Crippen molar-refractivity contribution in [2.75, 3.05) is 6.54 Å². The van der Waals surface area contributed by atoms with Crippen molar-refractivity contribution in [2.24, 2.45) is 5.92 Å². The second-order valence-electron chi connectivity index (χ2n) is 5.28. The maximum absolute atomic E-state index is 5.59. The van der Waals surface area contributed by atoms with Crippen molar-refractivity contribution in [2.45, 2.75) is 45.1 Å². The number of rotatable bonds is 3. The van der Waals surface area contributed by atoms with Crippen LogP contribution in [-0.4, -0.2) is 12.6 Å². The lowest BCUT2D eigenvalue weighted by Gasteiger charge is -2.30. The summed E-state index contributed by atoms with van der Waals surface area (Å²) in [6.45, 7) is 7.98. The van der Waals surface area contributed by atoms with Crippen molar-refractivity contribution in [3.05, 3.63) is 24.2 Å². The lowest BCUT2D eigenvalue weighted by atomic mass is 9.77. The van der Waals surface area contributed by atoms with Gasteiger partial charge >= 0.3 is 0 Å². The summed E-state index contributed by atoms with van der Waals surface area (Å²) in [5, 5.41) is 3.61. The summed E-state index contributed by atoms with van der Waals surface area (Å²) >= 11 is 0. The minimum Gasteiger partial charge on any atom is -0.469 e. The quantitative estimate of drug-likeness (QED) is 0.824. The Morgan fingerprint density at radius 2 is 2.40 bits per heavy atom. The van der Waals surface area contributed by atoms with Crippen LogP contribution in [0, 0.1) is 5.92 Å². The molecule has 0 saturated carbocycles. The lowest BCUT2D eigenvalue weighted by molar-refractivity contribution is 0.292. The van der Waals surface area contributed by atoms with Gasteiger partial charge in [0, 0.05) is 11.5 Å². The molecule has 2 heteroatoms. The second kappa shape index (κ2) is 4.01. The van der Waals surface area contributed by atoms with E-state index in [0.29, 0.717) is 6.04 Å². The Bertz CT molecular complexity index is 304. The first-order chi connectivity index (χ1) is 7.13. The van der Waals surface area contributed by atoms with Gasteiger partial charge in [0.2, 0.25) is 0 Å². The highest BCUT2D eigenvalue weighted by Gasteiger charge is 2.42. The molecule has 1 aliphatic rings. The molecule has 0 bridgehead atoms. The summed E-state index contributed by atoms with van der Waals surface area (Å²) in [4.78, 5) is 0. The molecule has 84 valence electrons. The fraction of sp³-hybridized carbons (Fsp3) is 0.692. The molecule has 1 saturated heterocycles. The number of furan rings is 1. The highest BCUT2D eigenvalue weighted by atomic mass is 16.3. The molecule has 0 spiro atoms. The predicted octanol–water partition coefficient (Wildman–Crippen LogP) is 2.95. The third-order valence-electron chi connectivity index (χ3n) is 3.60. The third kappa shape index (κ3) is 1.96. The van der Waals surface area contributed by atoms with E-state index in [2.05, 4.69) is 32.2 Å². The molecule has 2 rings (SSSR count). The Morgan fingerprint density at radius 1 is 1.60 bits per heavy atom. The van der Waals surface area contributed by atoms with Crippen molar-refractivity contribution in [3.63, 3.8) is 0 Å². The lowest BCUT2D eigenvalue weighted by Crippen LogP contribution is -2.38. The molecule has 0 aromatic carbocycles. The van der Waals surface area contributed by atoms with Gasteiger partial charge in [0.1, 0.15) is 5.76 Å². The standard InChI is InChI=1S/C13H21NO/c1-10(2)9-11-13(3,6-7-14-11)12-5-4-8-15-12/h4-5,8,10-11,14H,6-7,9H2,1-3H3. The molecule has 1 N–H and O–H groups in total. The first kappa shape index (κ1) is 10.7. The minimum absolute atomic E-state index is 0.188. The molecule has 2 atom stereocenters. The van der Waals surface area contributed by atoms with E-state index in [0.717, 1.165) is 18.2 Å². The van der Waals surface area contributed by atoms with Crippen molar-refractivity contribution >= 4 is 0 Å². The molecule has 1 aromatic heterocycles. The van der Waals surface area contributed by atoms with E-state index in [1.54, 1.807) is 6.26 Å². The maximum Gasteiger partial charge on any atom is 0.111 e. The van der Waals surface area contributed by atoms with E-state index in [1.807, 2.05) is 6.07 Å². The van der Waals surface area contributed by atoms with Crippen LogP contribution in [0.1, 0.15) is 39.4 Å². The summed E-state index contributed by atoms with van der Waals surface area (Å²) in [5.41, 5.74) is 0.188. The Morgan fingerprint density at radius 3 is 3.00 bits per heavy atom. The maximum atomic E-state index is 5.59. The van der Waals surface area contributed by atoms with Gasteiger partial charge in [0.25, 0.3) is 0 Å². The normalized spacial score (nSPS) is 31.3. The molecule has 1 fully saturated rings. The summed E-state index contributed by atoms with van der Waals surface area (Å²) in [5.74, 6) is 1.87. The highest BCUT2D eigenvalue weighted by Crippen LogP contribution is 2.37. The Balaban J connectivity index is 2.19. The molecular formula is C13H21NO. The molecule has 0 radical (unpaired) electrons. The van der Waals surface area contributed by atoms with E-state index >= 15 is 0 Å². The smallest absolute Gasteiger partial charge is 0.111 e. The van der Waals surface area contributed by atoms with Gasteiger partial charge in [-0.05, 0) is 37.4 Å². The largest absolute Gasteiger partial charge is 0.469 e. The fourth-order valence-electron chi connectivity index (χ4n) is 2.62. The van der Waals surface area contributed by atoms with Crippen LogP contribution < -0.4 is 5.32 Å². The van der Waals surface area contributed by atoms with Gasteiger partial charge in [0.15, 0.2) is 0 Å². The molecular weight excluding hydrogens is 186 g/mol. The fourth-order valence-corrected chi connectivity index (χ4v) is 2.62. The van der Waals surface area contributed by atoms with Crippen LogP contribution in [0.25, 0.3) is 0 Å².